The second-order valence-corrected chi connectivity index (χ2v) is 6.79. The van der Waals surface area contributed by atoms with E-state index in [4.69, 9.17) is 0 Å². The fourth-order valence-electron chi connectivity index (χ4n) is 1.51. The van der Waals surface area contributed by atoms with E-state index in [0.717, 1.165) is 18.3 Å². The Labute approximate surface area is 116 Å². The average molecular weight is 348 g/mol. The zero-order chi connectivity index (χ0) is 12.1. The lowest BCUT2D eigenvalue weighted by Gasteiger charge is -2.12. The van der Waals surface area contributed by atoms with Crippen molar-refractivity contribution in [2.24, 2.45) is 0 Å². The molecule has 0 fully saturated rings. The highest BCUT2D eigenvalue weighted by Crippen LogP contribution is 2.31. The first-order chi connectivity index (χ1) is 7.58. The van der Waals surface area contributed by atoms with Gasteiger partial charge in [0, 0.05) is 19.6 Å². The van der Waals surface area contributed by atoms with Crippen molar-refractivity contribution in [3.8, 4) is 0 Å². The predicted molar refractivity (Wildman–Crippen MR) is 79.2 cm³/mol. The normalized spacial score (nSPS) is 12.8. The molecule has 1 nitrogen and oxygen atoms in total. The molecule has 0 N–H and O–H groups in total. The number of rotatable bonds is 5. The van der Waals surface area contributed by atoms with Crippen LogP contribution in [0.15, 0.2) is 23.1 Å². The SMILES string of the molecule is CCC(C=O)c1ccc(I)c(SC(C)C)c1. The summed E-state index contributed by atoms with van der Waals surface area (Å²) in [5.41, 5.74) is 1.14. The third-order valence-corrected chi connectivity index (χ3v) is 4.72. The van der Waals surface area contributed by atoms with E-state index in [2.05, 4.69) is 54.6 Å². The highest BCUT2D eigenvalue weighted by Gasteiger charge is 2.11. The van der Waals surface area contributed by atoms with Crippen LogP contribution in [0.3, 0.4) is 0 Å². The molecule has 0 heterocycles. The standard InChI is InChI=1S/C13H17IOS/c1-4-10(8-15)11-5-6-12(14)13(7-11)16-9(2)3/h5-10H,4H2,1-3H3. The summed E-state index contributed by atoms with van der Waals surface area (Å²) in [5, 5.41) is 0.570. The van der Waals surface area contributed by atoms with Crippen LogP contribution in [0.5, 0.6) is 0 Å². The van der Waals surface area contributed by atoms with Crippen LogP contribution in [-0.4, -0.2) is 11.5 Å². The molecule has 0 aliphatic carbocycles. The van der Waals surface area contributed by atoms with Crippen LogP contribution in [0.4, 0.5) is 0 Å². The molecule has 0 aromatic heterocycles. The molecule has 0 radical (unpaired) electrons. The Hall–Kier alpha value is -0.0300. The minimum Gasteiger partial charge on any atom is -0.303 e. The van der Waals surface area contributed by atoms with E-state index in [0.29, 0.717) is 5.25 Å². The van der Waals surface area contributed by atoms with Crippen molar-refractivity contribution >= 4 is 40.6 Å². The van der Waals surface area contributed by atoms with Crippen molar-refractivity contribution in [3.05, 3.63) is 27.3 Å². The molecule has 1 atom stereocenters. The van der Waals surface area contributed by atoms with Gasteiger partial charge in [0.05, 0.1) is 0 Å². The predicted octanol–water partition coefficient (Wildman–Crippen LogP) is 4.48. The topological polar surface area (TPSA) is 17.1 Å². The van der Waals surface area contributed by atoms with Gasteiger partial charge in [-0.2, -0.15) is 0 Å². The number of halogens is 1. The molecule has 0 saturated carbocycles. The molecule has 0 aliphatic rings. The van der Waals surface area contributed by atoms with E-state index < -0.39 is 0 Å². The maximum Gasteiger partial charge on any atom is 0.127 e. The van der Waals surface area contributed by atoms with E-state index in [9.17, 15) is 4.79 Å². The van der Waals surface area contributed by atoms with Crippen LogP contribution in [0.1, 0.15) is 38.7 Å². The van der Waals surface area contributed by atoms with Gasteiger partial charge in [0.1, 0.15) is 6.29 Å². The average Bonchev–Trinajstić information content (AvgIpc) is 2.23. The fraction of sp³-hybridized carbons (Fsp3) is 0.462. The molecule has 0 aliphatic heterocycles. The second-order valence-electron chi connectivity index (χ2n) is 4.01. The molecule has 1 unspecified atom stereocenters. The van der Waals surface area contributed by atoms with Gasteiger partial charge in [-0.3, -0.25) is 0 Å². The van der Waals surface area contributed by atoms with Gasteiger partial charge < -0.3 is 4.79 Å². The molecule has 1 rings (SSSR count). The van der Waals surface area contributed by atoms with Crippen LogP contribution in [0.25, 0.3) is 0 Å². The van der Waals surface area contributed by atoms with Crippen LogP contribution in [0, 0.1) is 3.57 Å². The van der Waals surface area contributed by atoms with Gasteiger partial charge in [0.25, 0.3) is 0 Å². The molecule has 0 bridgehead atoms. The van der Waals surface area contributed by atoms with Gasteiger partial charge in [-0.1, -0.05) is 26.8 Å². The Balaban J connectivity index is 3.01. The van der Waals surface area contributed by atoms with Gasteiger partial charge in [0.2, 0.25) is 0 Å². The summed E-state index contributed by atoms with van der Waals surface area (Å²) in [4.78, 5) is 12.2. The molecular weight excluding hydrogens is 331 g/mol. The summed E-state index contributed by atoms with van der Waals surface area (Å²) in [6.45, 7) is 6.42. The van der Waals surface area contributed by atoms with E-state index >= 15 is 0 Å². The highest BCUT2D eigenvalue weighted by molar-refractivity contribution is 14.1. The zero-order valence-electron chi connectivity index (χ0n) is 9.87. The maximum atomic E-state index is 10.9. The third-order valence-electron chi connectivity index (χ3n) is 2.35. The number of benzene rings is 1. The summed E-state index contributed by atoms with van der Waals surface area (Å²) in [6, 6.07) is 6.33. The van der Waals surface area contributed by atoms with Gasteiger partial charge in [-0.25, -0.2) is 0 Å². The first kappa shape index (κ1) is 14.0. The summed E-state index contributed by atoms with van der Waals surface area (Å²) >= 11 is 4.20. The number of hydrogen-bond donors (Lipinski definition) is 0. The molecular formula is C13H17IOS. The van der Waals surface area contributed by atoms with Gasteiger partial charge in [-0.05, 0) is 46.7 Å². The Morgan fingerprint density at radius 1 is 1.44 bits per heavy atom. The van der Waals surface area contributed by atoms with Gasteiger partial charge >= 0.3 is 0 Å². The Morgan fingerprint density at radius 3 is 2.62 bits per heavy atom. The lowest BCUT2D eigenvalue weighted by atomic mass is 9.98. The highest BCUT2D eigenvalue weighted by atomic mass is 127. The summed E-state index contributed by atoms with van der Waals surface area (Å²) in [7, 11) is 0. The van der Waals surface area contributed by atoms with Crippen molar-refractivity contribution in [1.82, 2.24) is 0 Å². The quantitative estimate of drug-likeness (QED) is 0.443. The van der Waals surface area contributed by atoms with Gasteiger partial charge in [0.15, 0.2) is 0 Å². The van der Waals surface area contributed by atoms with Crippen molar-refractivity contribution in [2.45, 2.75) is 43.3 Å². The molecule has 0 spiro atoms. The van der Waals surface area contributed by atoms with Crippen LogP contribution < -0.4 is 0 Å². The largest absolute Gasteiger partial charge is 0.303 e. The fourth-order valence-corrected chi connectivity index (χ4v) is 3.11. The minimum absolute atomic E-state index is 0.0449. The van der Waals surface area contributed by atoms with Crippen molar-refractivity contribution < 1.29 is 4.79 Å². The van der Waals surface area contributed by atoms with Crippen molar-refractivity contribution in [1.29, 1.82) is 0 Å². The van der Waals surface area contributed by atoms with Crippen LogP contribution in [-0.2, 0) is 4.79 Å². The Bertz CT molecular complexity index is 363. The van der Waals surface area contributed by atoms with Crippen molar-refractivity contribution in [3.63, 3.8) is 0 Å². The lowest BCUT2D eigenvalue weighted by Crippen LogP contribution is -1.99. The number of thioether (sulfide) groups is 1. The minimum atomic E-state index is 0.0449. The number of carbonyl (C=O) groups excluding carboxylic acids is 1. The third kappa shape index (κ3) is 3.77. The van der Waals surface area contributed by atoms with Gasteiger partial charge in [-0.15, -0.1) is 11.8 Å². The monoisotopic (exact) mass is 348 g/mol. The molecule has 0 amide bonds. The van der Waals surface area contributed by atoms with E-state index in [1.54, 1.807) is 0 Å². The lowest BCUT2D eigenvalue weighted by molar-refractivity contribution is -0.109. The molecule has 1 aromatic rings. The summed E-state index contributed by atoms with van der Waals surface area (Å²) < 4.78 is 1.26. The maximum absolute atomic E-state index is 10.9. The number of hydrogen-bond acceptors (Lipinski definition) is 2. The first-order valence-corrected chi connectivity index (χ1v) is 7.45. The molecule has 88 valence electrons. The molecule has 1 aromatic carbocycles. The number of aldehydes is 1. The molecule has 0 saturated heterocycles. The molecule has 3 heteroatoms. The first-order valence-electron chi connectivity index (χ1n) is 5.49. The van der Waals surface area contributed by atoms with Crippen molar-refractivity contribution in [2.75, 3.05) is 0 Å². The summed E-state index contributed by atoms with van der Waals surface area (Å²) in [5.74, 6) is 0.0449. The molecule has 16 heavy (non-hydrogen) atoms. The zero-order valence-corrected chi connectivity index (χ0v) is 12.8. The van der Waals surface area contributed by atoms with E-state index in [1.165, 1.54) is 8.47 Å². The van der Waals surface area contributed by atoms with Crippen LogP contribution >= 0.6 is 34.4 Å². The second kappa shape index (κ2) is 6.64. The number of carbonyl (C=O) groups is 1. The van der Waals surface area contributed by atoms with Crippen LogP contribution in [0.2, 0.25) is 0 Å². The van der Waals surface area contributed by atoms with E-state index in [-0.39, 0.29) is 5.92 Å². The Kier molecular flexibility index (Phi) is 5.83. The smallest absolute Gasteiger partial charge is 0.127 e. The summed E-state index contributed by atoms with van der Waals surface area (Å²) in [6.07, 6.45) is 1.92. The Morgan fingerprint density at radius 2 is 2.12 bits per heavy atom. The van der Waals surface area contributed by atoms with E-state index in [1.807, 2.05) is 18.7 Å².